The smallest absolute Gasteiger partial charge is 0.282 e. The lowest BCUT2D eigenvalue weighted by Gasteiger charge is -2.26. The molecular formula is C24H29BrN4O. The van der Waals surface area contributed by atoms with Crippen LogP contribution in [0.1, 0.15) is 80.7 Å². The van der Waals surface area contributed by atoms with E-state index in [0.717, 1.165) is 10.0 Å². The average Bonchev–Trinajstić information content (AvgIpc) is 3.01. The molecule has 30 heavy (non-hydrogen) atoms. The summed E-state index contributed by atoms with van der Waals surface area (Å²) in [4.78, 5) is 17.9. The number of halogens is 1. The molecule has 3 aromatic rings. The summed E-state index contributed by atoms with van der Waals surface area (Å²) >= 11 is 3.46. The molecule has 0 amide bonds. The number of aromatic nitrogens is 3. The van der Waals surface area contributed by atoms with Gasteiger partial charge in [-0.25, -0.2) is 4.98 Å². The van der Waals surface area contributed by atoms with Crippen LogP contribution >= 0.6 is 15.9 Å². The molecule has 5 nitrogen and oxygen atoms in total. The van der Waals surface area contributed by atoms with Crippen molar-refractivity contribution in [1.82, 2.24) is 14.2 Å². The van der Waals surface area contributed by atoms with Gasteiger partial charge in [-0.1, -0.05) is 49.0 Å². The van der Waals surface area contributed by atoms with Crippen molar-refractivity contribution >= 4 is 33.0 Å². The van der Waals surface area contributed by atoms with Crippen LogP contribution in [-0.2, 0) is 0 Å². The Balaban J connectivity index is 1.78. The summed E-state index contributed by atoms with van der Waals surface area (Å²) in [5.41, 5.74) is 4.11. The molecule has 6 heteroatoms. The van der Waals surface area contributed by atoms with Crippen molar-refractivity contribution in [2.24, 2.45) is 5.10 Å². The molecule has 0 radical (unpaired) electrons. The van der Waals surface area contributed by atoms with Crippen molar-refractivity contribution in [3.8, 4) is 0 Å². The molecule has 0 spiro atoms. The van der Waals surface area contributed by atoms with Crippen LogP contribution in [0.2, 0.25) is 0 Å². The summed E-state index contributed by atoms with van der Waals surface area (Å²) in [6.45, 7) is 8.39. The second kappa shape index (κ2) is 8.50. The third kappa shape index (κ3) is 3.89. The summed E-state index contributed by atoms with van der Waals surface area (Å²) in [7, 11) is 0. The predicted molar refractivity (Wildman–Crippen MR) is 127 cm³/mol. The zero-order valence-electron chi connectivity index (χ0n) is 18.2. The number of rotatable bonds is 4. The Kier molecular flexibility index (Phi) is 5.96. The molecule has 0 atom stereocenters. The van der Waals surface area contributed by atoms with Crippen LogP contribution in [-0.4, -0.2) is 20.4 Å². The molecule has 0 N–H and O–H groups in total. The standard InChI is InChI=1S/C24H29BrN4O/c1-15(2)23-27-22-11-10-19(25)13-21(22)24(30)29(23)26-14-18-12-16(3)28(17(18)4)20-8-6-5-7-9-20/h10-15,20H,5-9H2,1-4H3. The highest BCUT2D eigenvalue weighted by Crippen LogP contribution is 2.31. The molecule has 1 aliphatic carbocycles. The van der Waals surface area contributed by atoms with Crippen LogP contribution in [0.25, 0.3) is 10.9 Å². The van der Waals surface area contributed by atoms with Crippen LogP contribution in [0.4, 0.5) is 0 Å². The van der Waals surface area contributed by atoms with E-state index in [1.165, 1.54) is 48.2 Å². The summed E-state index contributed by atoms with van der Waals surface area (Å²) in [5, 5.41) is 5.19. The first kappa shape index (κ1) is 21.0. The molecule has 1 aromatic carbocycles. The van der Waals surface area contributed by atoms with Crippen LogP contribution in [0.5, 0.6) is 0 Å². The summed E-state index contributed by atoms with van der Waals surface area (Å²) in [5.74, 6) is 0.754. The van der Waals surface area contributed by atoms with E-state index < -0.39 is 0 Å². The van der Waals surface area contributed by atoms with Gasteiger partial charge in [0.15, 0.2) is 0 Å². The highest BCUT2D eigenvalue weighted by atomic mass is 79.9. The number of hydrogen-bond acceptors (Lipinski definition) is 3. The Morgan fingerprint density at radius 2 is 1.90 bits per heavy atom. The van der Waals surface area contributed by atoms with E-state index in [0.29, 0.717) is 22.8 Å². The van der Waals surface area contributed by atoms with Crippen molar-refractivity contribution in [2.75, 3.05) is 0 Å². The number of nitrogens with zero attached hydrogens (tertiary/aromatic N) is 4. The van der Waals surface area contributed by atoms with Gasteiger partial charge >= 0.3 is 0 Å². The Bertz CT molecular complexity index is 1170. The van der Waals surface area contributed by atoms with Gasteiger partial charge in [0, 0.05) is 33.4 Å². The van der Waals surface area contributed by atoms with Gasteiger partial charge in [-0.3, -0.25) is 4.79 Å². The molecule has 2 heterocycles. The van der Waals surface area contributed by atoms with E-state index >= 15 is 0 Å². The summed E-state index contributed by atoms with van der Waals surface area (Å²) in [6.07, 6.45) is 8.25. The third-order valence-corrected chi connectivity index (χ3v) is 6.62. The first-order valence-corrected chi connectivity index (χ1v) is 11.6. The Morgan fingerprint density at radius 1 is 1.17 bits per heavy atom. The maximum atomic E-state index is 13.2. The number of aryl methyl sites for hydroxylation is 1. The fraction of sp³-hybridized carbons (Fsp3) is 0.458. The first-order chi connectivity index (χ1) is 14.4. The van der Waals surface area contributed by atoms with Crippen LogP contribution < -0.4 is 5.56 Å². The van der Waals surface area contributed by atoms with Crippen molar-refractivity contribution in [3.63, 3.8) is 0 Å². The minimum atomic E-state index is -0.137. The van der Waals surface area contributed by atoms with Gasteiger partial charge < -0.3 is 4.57 Å². The topological polar surface area (TPSA) is 52.2 Å². The number of fused-ring (bicyclic) bond motifs is 1. The van der Waals surface area contributed by atoms with Gasteiger partial charge in [-0.05, 0) is 51.0 Å². The molecular weight excluding hydrogens is 440 g/mol. The molecule has 158 valence electrons. The van der Waals surface area contributed by atoms with Crippen molar-refractivity contribution in [2.45, 2.75) is 71.8 Å². The lowest BCUT2D eigenvalue weighted by molar-refractivity contribution is 0.346. The van der Waals surface area contributed by atoms with E-state index in [9.17, 15) is 4.79 Å². The fourth-order valence-corrected chi connectivity index (χ4v) is 4.97. The van der Waals surface area contributed by atoms with Gasteiger partial charge in [0.25, 0.3) is 5.56 Å². The fourth-order valence-electron chi connectivity index (χ4n) is 4.61. The number of benzene rings is 1. The van der Waals surface area contributed by atoms with Crippen molar-refractivity contribution < 1.29 is 0 Å². The Hall–Kier alpha value is -2.21. The predicted octanol–water partition coefficient (Wildman–Crippen LogP) is 6.09. The molecule has 0 saturated heterocycles. The second-order valence-corrected chi connectivity index (χ2v) is 9.55. The summed E-state index contributed by atoms with van der Waals surface area (Å²) < 4.78 is 4.78. The zero-order chi connectivity index (χ0) is 21.4. The maximum absolute atomic E-state index is 13.2. The van der Waals surface area contributed by atoms with E-state index in [4.69, 9.17) is 4.98 Å². The molecule has 1 aliphatic rings. The molecule has 1 fully saturated rings. The lowest BCUT2D eigenvalue weighted by atomic mass is 9.95. The zero-order valence-corrected chi connectivity index (χ0v) is 19.7. The van der Waals surface area contributed by atoms with E-state index in [1.807, 2.05) is 38.3 Å². The quantitative estimate of drug-likeness (QED) is 0.435. The average molecular weight is 469 g/mol. The molecule has 0 bridgehead atoms. The Labute approximate surface area is 186 Å². The molecule has 0 aliphatic heterocycles. The highest BCUT2D eigenvalue weighted by molar-refractivity contribution is 9.10. The SMILES string of the molecule is Cc1cc(C=Nn2c(C(C)C)nc3ccc(Br)cc3c2=O)c(C)n1C1CCCCC1. The van der Waals surface area contributed by atoms with E-state index in [2.05, 4.69) is 45.5 Å². The first-order valence-electron chi connectivity index (χ1n) is 10.8. The largest absolute Gasteiger partial charge is 0.345 e. The van der Waals surface area contributed by atoms with Gasteiger partial charge in [0.1, 0.15) is 5.82 Å². The van der Waals surface area contributed by atoms with Crippen LogP contribution in [0, 0.1) is 13.8 Å². The monoisotopic (exact) mass is 468 g/mol. The van der Waals surface area contributed by atoms with E-state index in [-0.39, 0.29) is 11.5 Å². The van der Waals surface area contributed by atoms with E-state index in [1.54, 1.807) is 0 Å². The van der Waals surface area contributed by atoms with Gasteiger partial charge in [-0.2, -0.15) is 9.78 Å². The summed E-state index contributed by atoms with van der Waals surface area (Å²) in [6, 6.07) is 8.36. The third-order valence-electron chi connectivity index (χ3n) is 6.13. The van der Waals surface area contributed by atoms with Gasteiger partial charge in [0.05, 0.1) is 17.1 Å². The minimum Gasteiger partial charge on any atom is -0.345 e. The molecule has 0 unspecified atom stereocenters. The minimum absolute atomic E-state index is 0.0811. The van der Waals surface area contributed by atoms with Crippen molar-refractivity contribution in [3.05, 3.63) is 61.9 Å². The van der Waals surface area contributed by atoms with Crippen molar-refractivity contribution in [1.29, 1.82) is 0 Å². The molecule has 4 rings (SSSR count). The Morgan fingerprint density at radius 3 is 2.60 bits per heavy atom. The molecule has 1 saturated carbocycles. The lowest BCUT2D eigenvalue weighted by Crippen LogP contribution is -2.23. The van der Waals surface area contributed by atoms with Crippen LogP contribution in [0.3, 0.4) is 0 Å². The normalized spacial score (nSPS) is 15.7. The van der Waals surface area contributed by atoms with Gasteiger partial charge in [-0.15, -0.1) is 0 Å². The number of hydrogen-bond donors (Lipinski definition) is 0. The second-order valence-electron chi connectivity index (χ2n) is 8.64. The highest BCUT2D eigenvalue weighted by Gasteiger charge is 2.20. The molecule has 2 aromatic heterocycles. The maximum Gasteiger partial charge on any atom is 0.282 e. The van der Waals surface area contributed by atoms with Gasteiger partial charge in [0.2, 0.25) is 0 Å². The van der Waals surface area contributed by atoms with Crippen LogP contribution in [0.15, 0.2) is 38.6 Å².